The van der Waals surface area contributed by atoms with Gasteiger partial charge in [0, 0.05) is 10.9 Å². The van der Waals surface area contributed by atoms with Gasteiger partial charge >= 0.3 is 18.2 Å². The molecular formula is C15H12F4N2O5. The van der Waals surface area contributed by atoms with Crippen molar-refractivity contribution < 1.29 is 41.1 Å². The molecule has 0 saturated carbocycles. The Kier molecular flexibility index (Phi) is 5.48. The Morgan fingerprint density at radius 3 is 2.54 bits per heavy atom. The van der Waals surface area contributed by atoms with Crippen LogP contribution in [0.2, 0.25) is 0 Å². The van der Waals surface area contributed by atoms with E-state index in [9.17, 15) is 31.9 Å². The highest BCUT2D eigenvalue weighted by Crippen LogP contribution is 2.27. The van der Waals surface area contributed by atoms with E-state index in [0.717, 1.165) is 6.07 Å². The number of hydrogen-bond donors (Lipinski definition) is 2. The normalized spacial score (nSPS) is 11.3. The third kappa shape index (κ3) is 4.71. The summed E-state index contributed by atoms with van der Waals surface area (Å²) in [5.41, 5.74) is 0.126. The molecule has 0 fully saturated rings. The minimum absolute atomic E-state index is 0.159. The van der Waals surface area contributed by atoms with Gasteiger partial charge in [0.05, 0.1) is 0 Å². The molecule has 3 amide bonds. The van der Waals surface area contributed by atoms with Gasteiger partial charge in [0.2, 0.25) is 5.76 Å². The number of carbonyl (C=O) groups is 3. The van der Waals surface area contributed by atoms with Crippen LogP contribution in [0.3, 0.4) is 0 Å². The second-order valence-electron chi connectivity index (χ2n) is 5.09. The topological polar surface area (TPSA) is 97.6 Å². The molecule has 140 valence electrons. The van der Waals surface area contributed by atoms with Gasteiger partial charge in [-0.3, -0.25) is 10.1 Å². The van der Waals surface area contributed by atoms with Crippen LogP contribution in [-0.4, -0.2) is 37.2 Å². The highest BCUT2D eigenvalue weighted by molar-refractivity contribution is 5.98. The molecule has 0 atom stereocenters. The van der Waals surface area contributed by atoms with Crippen molar-refractivity contribution in [3.63, 3.8) is 0 Å². The lowest BCUT2D eigenvalue weighted by Gasteiger charge is -2.09. The number of halogens is 4. The van der Waals surface area contributed by atoms with Crippen LogP contribution in [0.5, 0.6) is 0 Å². The molecule has 0 aliphatic rings. The smallest absolute Gasteiger partial charge is 0.405 e. The monoisotopic (exact) mass is 376 g/mol. The van der Waals surface area contributed by atoms with E-state index >= 15 is 0 Å². The predicted molar refractivity (Wildman–Crippen MR) is 78.8 cm³/mol. The maximum Gasteiger partial charge on any atom is 0.405 e. The molecule has 26 heavy (non-hydrogen) atoms. The standard InChI is InChI=1S/C15H12F4N2O5/c1-7-8-3-2-4-9(16)12(8)26-11(7)13(23)25-5-10(22)21-14(24)20-6-15(17,18)19/h2-4H,5-6H2,1H3,(H2,20,21,22,24). The van der Waals surface area contributed by atoms with Crippen molar-refractivity contribution >= 4 is 28.9 Å². The van der Waals surface area contributed by atoms with Crippen molar-refractivity contribution in [2.75, 3.05) is 13.2 Å². The van der Waals surface area contributed by atoms with Crippen LogP contribution in [0, 0.1) is 12.7 Å². The summed E-state index contributed by atoms with van der Waals surface area (Å²) in [4.78, 5) is 34.4. The lowest BCUT2D eigenvalue weighted by atomic mass is 10.1. The maximum absolute atomic E-state index is 13.6. The van der Waals surface area contributed by atoms with Crippen LogP contribution in [0.1, 0.15) is 16.1 Å². The van der Waals surface area contributed by atoms with Gasteiger partial charge in [-0.05, 0) is 13.0 Å². The Morgan fingerprint density at radius 1 is 1.23 bits per heavy atom. The van der Waals surface area contributed by atoms with Crippen LogP contribution in [0.4, 0.5) is 22.4 Å². The van der Waals surface area contributed by atoms with Gasteiger partial charge in [-0.25, -0.2) is 14.0 Å². The number of carbonyl (C=O) groups excluding carboxylic acids is 3. The number of fused-ring (bicyclic) bond motifs is 1. The number of ether oxygens (including phenoxy) is 1. The third-order valence-electron chi connectivity index (χ3n) is 3.14. The summed E-state index contributed by atoms with van der Waals surface area (Å²) < 4.78 is 59.1. The van der Waals surface area contributed by atoms with Crippen LogP contribution in [0.15, 0.2) is 22.6 Å². The van der Waals surface area contributed by atoms with Crippen molar-refractivity contribution in [2.24, 2.45) is 0 Å². The lowest BCUT2D eigenvalue weighted by molar-refractivity contribution is -0.125. The molecule has 7 nitrogen and oxygen atoms in total. The van der Waals surface area contributed by atoms with Crippen LogP contribution in [-0.2, 0) is 9.53 Å². The van der Waals surface area contributed by atoms with Gasteiger partial charge in [-0.1, -0.05) is 12.1 Å². The van der Waals surface area contributed by atoms with Crippen molar-refractivity contribution in [3.8, 4) is 0 Å². The zero-order chi connectivity index (χ0) is 19.5. The summed E-state index contributed by atoms with van der Waals surface area (Å²) in [6.07, 6.45) is -4.64. The van der Waals surface area contributed by atoms with Crippen molar-refractivity contribution in [1.82, 2.24) is 10.6 Å². The van der Waals surface area contributed by atoms with E-state index in [-0.39, 0.29) is 16.9 Å². The third-order valence-corrected chi connectivity index (χ3v) is 3.14. The quantitative estimate of drug-likeness (QED) is 0.631. The number of imide groups is 1. The van der Waals surface area contributed by atoms with Gasteiger partial charge in [0.1, 0.15) is 6.54 Å². The molecule has 0 aliphatic heterocycles. The maximum atomic E-state index is 13.6. The number of aryl methyl sites for hydroxylation is 1. The lowest BCUT2D eigenvalue weighted by Crippen LogP contribution is -2.44. The SMILES string of the molecule is Cc1c(C(=O)OCC(=O)NC(=O)NCC(F)(F)F)oc2c(F)cccc12. The first-order valence-electron chi connectivity index (χ1n) is 7.07. The Balaban J connectivity index is 1.92. The largest absolute Gasteiger partial charge is 0.450 e. The highest BCUT2D eigenvalue weighted by atomic mass is 19.4. The zero-order valence-electron chi connectivity index (χ0n) is 13.2. The number of esters is 1. The number of nitrogens with one attached hydrogen (secondary N) is 2. The molecular weight excluding hydrogens is 364 g/mol. The van der Waals surface area contributed by atoms with Gasteiger partial charge in [0.15, 0.2) is 18.0 Å². The summed E-state index contributed by atoms with van der Waals surface area (Å²) in [7, 11) is 0. The number of alkyl halides is 3. The first-order chi connectivity index (χ1) is 12.1. The van der Waals surface area contributed by atoms with E-state index < -0.39 is 43.1 Å². The first-order valence-corrected chi connectivity index (χ1v) is 7.07. The molecule has 0 unspecified atom stereocenters. The van der Waals surface area contributed by atoms with E-state index in [2.05, 4.69) is 4.74 Å². The fourth-order valence-corrected chi connectivity index (χ4v) is 1.99. The molecule has 0 saturated heterocycles. The summed E-state index contributed by atoms with van der Waals surface area (Å²) in [5.74, 6) is -3.27. The van der Waals surface area contributed by atoms with E-state index in [0.29, 0.717) is 5.39 Å². The van der Waals surface area contributed by atoms with Crippen molar-refractivity contribution in [1.29, 1.82) is 0 Å². The van der Waals surface area contributed by atoms with Gasteiger partial charge in [-0.2, -0.15) is 13.2 Å². The number of rotatable bonds is 4. The molecule has 2 aromatic rings. The van der Waals surface area contributed by atoms with Gasteiger partial charge in [-0.15, -0.1) is 0 Å². The van der Waals surface area contributed by atoms with E-state index in [1.165, 1.54) is 24.4 Å². The summed E-state index contributed by atoms with van der Waals surface area (Å²) in [6, 6.07) is 2.67. The minimum atomic E-state index is -4.64. The molecule has 1 aromatic heterocycles. The fraction of sp³-hybridized carbons (Fsp3) is 0.267. The second-order valence-corrected chi connectivity index (χ2v) is 5.09. The van der Waals surface area contributed by atoms with Crippen molar-refractivity contribution in [3.05, 3.63) is 35.3 Å². The zero-order valence-corrected chi connectivity index (χ0v) is 13.2. The first kappa shape index (κ1) is 19.2. The average Bonchev–Trinajstić information content (AvgIpc) is 2.89. The highest BCUT2D eigenvalue weighted by Gasteiger charge is 2.28. The Labute approximate surface area is 143 Å². The molecule has 0 aliphatic carbocycles. The molecule has 2 rings (SSSR count). The molecule has 1 aromatic carbocycles. The van der Waals surface area contributed by atoms with E-state index in [1.54, 1.807) is 5.32 Å². The second kappa shape index (κ2) is 7.42. The Hall–Kier alpha value is -3.11. The molecule has 11 heteroatoms. The molecule has 1 heterocycles. The summed E-state index contributed by atoms with van der Waals surface area (Å²) in [6.45, 7) is -1.10. The Bertz CT molecular complexity index is 860. The van der Waals surface area contributed by atoms with E-state index in [1.807, 2.05) is 0 Å². The van der Waals surface area contributed by atoms with Crippen LogP contribution < -0.4 is 10.6 Å². The number of amides is 3. The average molecular weight is 376 g/mol. The number of para-hydroxylation sites is 1. The van der Waals surface area contributed by atoms with Gasteiger partial charge < -0.3 is 14.5 Å². The fourth-order valence-electron chi connectivity index (χ4n) is 1.99. The summed E-state index contributed by atoms with van der Waals surface area (Å²) >= 11 is 0. The van der Waals surface area contributed by atoms with Crippen LogP contribution >= 0.6 is 0 Å². The Morgan fingerprint density at radius 2 is 1.92 bits per heavy atom. The molecule has 0 radical (unpaired) electrons. The minimum Gasteiger partial charge on any atom is -0.450 e. The summed E-state index contributed by atoms with van der Waals surface area (Å²) in [5, 5.41) is 3.30. The number of benzene rings is 1. The number of urea groups is 1. The molecule has 0 spiro atoms. The predicted octanol–water partition coefficient (Wildman–Crippen LogP) is 2.43. The number of furan rings is 1. The molecule has 0 bridgehead atoms. The molecule has 2 N–H and O–H groups in total. The van der Waals surface area contributed by atoms with E-state index in [4.69, 9.17) is 4.42 Å². The van der Waals surface area contributed by atoms with Crippen LogP contribution in [0.25, 0.3) is 11.0 Å². The number of hydrogen-bond acceptors (Lipinski definition) is 5. The van der Waals surface area contributed by atoms with Gasteiger partial charge in [0.25, 0.3) is 5.91 Å². The van der Waals surface area contributed by atoms with Crippen molar-refractivity contribution in [2.45, 2.75) is 13.1 Å².